The lowest BCUT2D eigenvalue weighted by Gasteiger charge is -2.11. The first kappa shape index (κ1) is 18.6. The molecular weight excluding hydrogens is 383 g/mol. The number of carbonyl (C=O) groups is 1. The van der Waals surface area contributed by atoms with Crippen molar-refractivity contribution in [3.05, 3.63) is 64.3 Å². The number of benzene rings is 1. The van der Waals surface area contributed by atoms with Crippen LogP contribution in [0.15, 0.2) is 46.8 Å². The van der Waals surface area contributed by atoms with Gasteiger partial charge >= 0.3 is 0 Å². The molecule has 27 heavy (non-hydrogen) atoms. The molecule has 0 saturated carbocycles. The van der Waals surface area contributed by atoms with Crippen LogP contribution in [-0.4, -0.2) is 16.5 Å². The summed E-state index contributed by atoms with van der Waals surface area (Å²) < 4.78 is 13.0. The topological polar surface area (TPSA) is 104 Å². The van der Waals surface area contributed by atoms with Crippen LogP contribution in [0.2, 0.25) is 0 Å². The van der Waals surface area contributed by atoms with E-state index in [-0.39, 0.29) is 33.5 Å². The first-order valence-corrected chi connectivity index (χ1v) is 9.50. The molecule has 0 aliphatic carbocycles. The van der Waals surface area contributed by atoms with E-state index in [0.29, 0.717) is 11.1 Å². The molecule has 5 nitrogen and oxygen atoms in total. The highest BCUT2D eigenvalue weighted by atomic mass is 32.2. The second-order valence-electron chi connectivity index (χ2n) is 5.35. The van der Waals surface area contributed by atoms with Gasteiger partial charge in [-0.05, 0) is 35.7 Å². The number of carbonyl (C=O) groups excluding carboxylic acids is 1. The van der Waals surface area contributed by atoms with Gasteiger partial charge in [0, 0.05) is 16.0 Å². The number of nitriles is 2. The molecule has 8 heteroatoms. The van der Waals surface area contributed by atoms with Gasteiger partial charge in [0.2, 0.25) is 0 Å². The SMILES string of the molecule is N#Cc1c(N)nc(SCC(=O)c2ccc(F)cc2)c(C#N)c1-c1cccs1. The Kier molecular flexibility index (Phi) is 5.51. The molecule has 2 N–H and O–H groups in total. The van der Waals surface area contributed by atoms with Crippen LogP contribution in [0.5, 0.6) is 0 Å². The summed E-state index contributed by atoms with van der Waals surface area (Å²) in [5.74, 6) is -0.640. The summed E-state index contributed by atoms with van der Waals surface area (Å²) in [5.41, 5.74) is 7.06. The lowest BCUT2D eigenvalue weighted by atomic mass is 10.0. The fourth-order valence-corrected chi connectivity index (χ4v) is 4.10. The summed E-state index contributed by atoms with van der Waals surface area (Å²) >= 11 is 2.44. The molecule has 3 aromatic rings. The highest BCUT2D eigenvalue weighted by Gasteiger charge is 2.21. The summed E-state index contributed by atoms with van der Waals surface area (Å²) in [4.78, 5) is 17.2. The van der Waals surface area contributed by atoms with E-state index >= 15 is 0 Å². The van der Waals surface area contributed by atoms with E-state index < -0.39 is 5.82 Å². The fraction of sp³-hybridized carbons (Fsp3) is 0.0526. The standard InChI is InChI=1S/C19H11FN4OS2/c20-12-5-3-11(4-6-12)15(25)10-27-19-14(9-22)17(16-2-1-7-26-16)13(8-21)18(23)24-19/h1-7H,10H2,(H2,23,24). The Morgan fingerprint density at radius 3 is 2.48 bits per heavy atom. The van der Waals surface area contributed by atoms with Gasteiger partial charge in [-0.2, -0.15) is 10.5 Å². The minimum absolute atomic E-state index is 0.00251. The number of nitrogen functional groups attached to an aromatic ring is 1. The molecular formula is C19H11FN4OS2. The Morgan fingerprint density at radius 2 is 1.89 bits per heavy atom. The number of thiophene rings is 1. The van der Waals surface area contributed by atoms with Crippen LogP contribution in [0, 0.1) is 28.5 Å². The summed E-state index contributed by atoms with van der Waals surface area (Å²) in [6.07, 6.45) is 0. The van der Waals surface area contributed by atoms with E-state index in [1.54, 1.807) is 6.07 Å². The largest absolute Gasteiger partial charge is 0.383 e. The van der Waals surface area contributed by atoms with Crippen LogP contribution >= 0.6 is 23.1 Å². The zero-order chi connectivity index (χ0) is 19.4. The number of ketones is 1. The van der Waals surface area contributed by atoms with E-state index in [9.17, 15) is 19.7 Å². The third-order valence-corrected chi connectivity index (χ3v) is 5.55. The monoisotopic (exact) mass is 394 g/mol. The van der Waals surface area contributed by atoms with Crippen LogP contribution in [0.3, 0.4) is 0 Å². The maximum absolute atomic E-state index is 13.0. The maximum Gasteiger partial charge on any atom is 0.173 e. The quantitative estimate of drug-likeness (QED) is 0.512. The van der Waals surface area contributed by atoms with E-state index in [1.165, 1.54) is 35.6 Å². The molecule has 3 rings (SSSR count). The fourth-order valence-electron chi connectivity index (χ4n) is 2.42. The number of thioether (sulfide) groups is 1. The van der Waals surface area contributed by atoms with Crippen LogP contribution in [0.4, 0.5) is 10.2 Å². The molecule has 0 radical (unpaired) electrons. The van der Waals surface area contributed by atoms with Crippen LogP contribution in [-0.2, 0) is 0 Å². The maximum atomic E-state index is 13.0. The Morgan fingerprint density at radius 1 is 1.19 bits per heavy atom. The zero-order valence-electron chi connectivity index (χ0n) is 13.8. The van der Waals surface area contributed by atoms with Gasteiger partial charge in [0.05, 0.1) is 11.3 Å². The van der Waals surface area contributed by atoms with Crippen molar-refractivity contribution >= 4 is 34.7 Å². The molecule has 132 valence electrons. The van der Waals surface area contributed by atoms with Gasteiger partial charge in [0.1, 0.15) is 34.4 Å². The highest BCUT2D eigenvalue weighted by Crippen LogP contribution is 2.37. The van der Waals surface area contributed by atoms with Crippen molar-refractivity contribution in [3.63, 3.8) is 0 Å². The Bertz CT molecular complexity index is 1080. The van der Waals surface area contributed by atoms with E-state index in [2.05, 4.69) is 11.1 Å². The first-order valence-electron chi connectivity index (χ1n) is 7.64. The Balaban J connectivity index is 1.97. The van der Waals surface area contributed by atoms with Gasteiger partial charge in [-0.1, -0.05) is 17.8 Å². The summed E-state index contributed by atoms with van der Waals surface area (Å²) in [7, 11) is 0. The number of Topliss-reactive ketones (excluding diaryl/α,β-unsaturated/α-hetero) is 1. The molecule has 0 unspecified atom stereocenters. The lowest BCUT2D eigenvalue weighted by Crippen LogP contribution is -2.06. The number of halogens is 1. The van der Waals surface area contributed by atoms with Gasteiger partial charge in [-0.15, -0.1) is 11.3 Å². The van der Waals surface area contributed by atoms with Crippen LogP contribution in [0.1, 0.15) is 21.5 Å². The molecule has 0 aliphatic heterocycles. The second-order valence-corrected chi connectivity index (χ2v) is 7.26. The molecule has 2 aromatic heterocycles. The lowest BCUT2D eigenvalue weighted by molar-refractivity contribution is 0.102. The number of rotatable bonds is 5. The first-order chi connectivity index (χ1) is 13.0. The Labute approximate surface area is 162 Å². The van der Waals surface area contributed by atoms with Crippen LogP contribution < -0.4 is 5.73 Å². The zero-order valence-corrected chi connectivity index (χ0v) is 15.4. The molecule has 0 atom stereocenters. The van der Waals surface area contributed by atoms with Gasteiger partial charge in [-0.25, -0.2) is 9.37 Å². The number of nitrogens with two attached hydrogens (primary N) is 1. The van der Waals surface area contributed by atoms with Gasteiger partial charge in [-0.3, -0.25) is 4.79 Å². The normalized spacial score (nSPS) is 10.2. The van der Waals surface area contributed by atoms with Gasteiger partial charge in [0.15, 0.2) is 5.78 Å². The van der Waals surface area contributed by atoms with Crippen molar-refractivity contribution in [2.75, 3.05) is 11.5 Å². The molecule has 0 spiro atoms. The number of anilines is 1. The predicted octanol–water partition coefficient (Wildman–Crippen LogP) is 4.25. The summed E-state index contributed by atoms with van der Waals surface area (Å²) in [5, 5.41) is 21.2. The van der Waals surface area contributed by atoms with E-state index in [4.69, 9.17) is 5.73 Å². The number of hydrogen-bond donors (Lipinski definition) is 1. The molecule has 1 aromatic carbocycles. The molecule has 0 amide bonds. The number of pyridine rings is 1. The predicted molar refractivity (Wildman–Crippen MR) is 103 cm³/mol. The third-order valence-electron chi connectivity index (χ3n) is 3.69. The van der Waals surface area contributed by atoms with Crippen molar-refractivity contribution in [1.29, 1.82) is 10.5 Å². The minimum atomic E-state index is -0.423. The van der Waals surface area contributed by atoms with Crippen molar-refractivity contribution in [2.45, 2.75) is 5.03 Å². The van der Waals surface area contributed by atoms with E-state index in [0.717, 1.165) is 16.6 Å². The molecule has 2 heterocycles. The van der Waals surface area contributed by atoms with Crippen molar-refractivity contribution in [2.24, 2.45) is 0 Å². The second kappa shape index (κ2) is 8.00. The molecule has 0 bridgehead atoms. The Hall–Kier alpha value is -3.20. The minimum Gasteiger partial charge on any atom is -0.383 e. The number of aromatic nitrogens is 1. The highest BCUT2D eigenvalue weighted by molar-refractivity contribution is 8.00. The average Bonchev–Trinajstić information content (AvgIpc) is 3.20. The summed E-state index contributed by atoms with van der Waals surface area (Å²) in [6, 6.07) is 12.9. The van der Waals surface area contributed by atoms with Crippen molar-refractivity contribution < 1.29 is 9.18 Å². The number of nitrogens with zero attached hydrogens (tertiary/aromatic N) is 3. The molecule has 0 fully saturated rings. The smallest absolute Gasteiger partial charge is 0.173 e. The van der Waals surface area contributed by atoms with E-state index in [1.807, 2.05) is 17.5 Å². The number of hydrogen-bond acceptors (Lipinski definition) is 7. The summed E-state index contributed by atoms with van der Waals surface area (Å²) in [6.45, 7) is 0. The third kappa shape index (κ3) is 3.82. The molecule has 0 aliphatic rings. The van der Waals surface area contributed by atoms with Crippen LogP contribution in [0.25, 0.3) is 10.4 Å². The van der Waals surface area contributed by atoms with Gasteiger partial charge < -0.3 is 5.73 Å². The van der Waals surface area contributed by atoms with Crippen molar-refractivity contribution in [3.8, 4) is 22.6 Å². The van der Waals surface area contributed by atoms with Gasteiger partial charge in [0.25, 0.3) is 0 Å². The molecule has 0 saturated heterocycles. The average molecular weight is 394 g/mol. The van der Waals surface area contributed by atoms with Crippen molar-refractivity contribution in [1.82, 2.24) is 4.98 Å².